The van der Waals surface area contributed by atoms with Gasteiger partial charge in [-0.15, -0.1) is 0 Å². The van der Waals surface area contributed by atoms with Crippen LogP contribution in [-0.2, 0) is 5.41 Å². The van der Waals surface area contributed by atoms with Gasteiger partial charge in [0.2, 0.25) is 5.88 Å². The molecule has 3 rings (SSSR count). The smallest absolute Gasteiger partial charge is 0.212 e. The topological polar surface area (TPSA) is 22.1 Å². The average Bonchev–Trinajstić information content (AvgIpc) is 2.62. The molecule has 0 aliphatic carbocycles. The molecule has 0 aliphatic rings. The Morgan fingerprint density at radius 2 is 1.65 bits per heavy atom. The fourth-order valence-corrected chi connectivity index (χ4v) is 6.95. The van der Waals surface area contributed by atoms with Crippen molar-refractivity contribution in [2.24, 2.45) is 0 Å². The summed E-state index contributed by atoms with van der Waals surface area (Å²) >= 11 is 3.80. The van der Waals surface area contributed by atoms with Crippen molar-refractivity contribution in [2.45, 2.75) is 26.2 Å². The van der Waals surface area contributed by atoms with Crippen molar-refractivity contribution in [1.82, 2.24) is 4.98 Å². The monoisotopic (exact) mass is 424 g/mol. The van der Waals surface area contributed by atoms with Crippen LogP contribution in [0.4, 0.5) is 0 Å². The standard InChI is InChI=1S/C22H23BrNOSi/c1-22(2,3)18-13-12-17(15-19(18)23)26(16-9-6-5-7-10-16)20-11-8-14-24-21(20)25-4/h5-15H,1-4H3. The third kappa shape index (κ3) is 3.91. The number of hydrogen-bond acceptors (Lipinski definition) is 2. The van der Waals surface area contributed by atoms with Crippen LogP contribution in [0.2, 0.25) is 0 Å². The van der Waals surface area contributed by atoms with E-state index < -0.39 is 8.80 Å². The average molecular weight is 425 g/mol. The Morgan fingerprint density at radius 1 is 0.923 bits per heavy atom. The van der Waals surface area contributed by atoms with Crippen molar-refractivity contribution in [3.8, 4) is 5.88 Å². The second-order valence-electron chi connectivity index (χ2n) is 7.25. The van der Waals surface area contributed by atoms with Gasteiger partial charge in [0.25, 0.3) is 0 Å². The molecule has 133 valence electrons. The van der Waals surface area contributed by atoms with Gasteiger partial charge in [-0.1, -0.05) is 90.4 Å². The molecule has 4 heteroatoms. The summed E-state index contributed by atoms with van der Waals surface area (Å²) in [5, 5.41) is 3.80. The summed E-state index contributed by atoms with van der Waals surface area (Å²) in [6.45, 7) is 6.71. The number of halogens is 1. The van der Waals surface area contributed by atoms with Gasteiger partial charge in [-0.2, -0.15) is 0 Å². The maximum absolute atomic E-state index is 5.58. The first kappa shape index (κ1) is 18.9. The van der Waals surface area contributed by atoms with Crippen LogP contribution >= 0.6 is 15.9 Å². The molecular weight excluding hydrogens is 402 g/mol. The first-order valence-electron chi connectivity index (χ1n) is 8.64. The fraction of sp³-hybridized carbons (Fsp3) is 0.227. The van der Waals surface area contributed by atoms with Crippen molar-refractivity contribution < 1.29 is 4.74 Å². The van der Waals surface area contributed by atoms with Gasteiger partial charge in [0.15, 0.2) is 8.80 Å². The first-order valence-corrected chi connectivity index (χ1v) is 10.9. The summed E-state index contributed by atoms with van der Waals surface area (Å²) in [6.07, 6.45) is 1.78. The number of methoxy groups -OCH3 is 1. The molecule has 0 bridgehead atoms. The van der Waals surface area contributed by atoms with Gasteiger partial charge < -0.3 is 4.74 Å². The minimum absolute atomic E-state index is 0.100. The zero-order valence-electron chi connectivity index (χ0n) is 15.6. The highest BCUT2D eigenvalue weighted by Gasteiger charge is 2.25. The van der Waals surface area contributed by atoms with Crippen LogP contribution in [0.1, 0.15) is 26.3 Å². The van der Waals surface area contributed by atoms with Crippen molar-refractivity contribution in [2.75, 3.05) is 7.11 Å². The number of pyridine rings is 1. The van der Waals surface area contributed by atoms with Crippen molar-refractivity contribution in [3.63, 3.8) is 0 Å². The number of nitrogens with zero attached hydrogens (tertiary/aromatic N) is 1. The molecule has 0 spiro atoms. The normalized spacial score (nSPS) is 11.6. The molecule has 0 saturated heterocycles. The van der Waals surface area contributed by atoms with Crippen LogP contribution in [0.3, 0.4) is 0 Å². The van der Waals surface area contributed by atoms with Crippen LogP contribution in [0, 0.1) is 0 Å². The molecule has 26 heavy (non-hydrogen) atoms. The Balaban J connectivity index is 2.18. The van der Waals surface area contributed by atoms with E-state index in [1.54, 1.807) is 13.3 Å². The Labute approximate surface area is 166 Å². The van der Waals surface area contributed by atoms with E-state index in [4.69, 9.17) is 4.74 Å². The Morgan fingerprint density at radius 3 is 2.27 bits per heavy atom. The number of rotatable bonds is 4. The molecule has 0 atom stereocenters. The van der Waals surface area contributed by atoms with Crippen molar-refractivity contribution in [3.05, 3.63) is 76.9 Å². The molecule has 2 aromatic carbocycles. The molecule has 0 amide bonds. The molecule has 1 heterocycles. The van der Waals surface area contributed by atoms with Gasteiger partial charge in [-0.05, 0) is 28.3 Å². The van der Waals surface area contributed by atoms with E-state index in [0.717, 1.165) is 4.47 Å². The third-order valence-corrected chi connectivity index (χ3v) is 7.74. The highest BCUT2D eigenvalue weighted by Crippen LogP contribution is 2.28. The van der Waals surface area contributed by atoms with Gasteiger partial charge in [-0.25, -0.2) is 4.98 Å². The molecule has 3 aromatic rings. The van der Waals surface area contributed by atoms with Gasteiger partial charge in [0.05, 0.1) is 7.11 Å². The minimum atomic E-state index is -1.22. The van der Waals surface area contributed by atoms with Crippen LogP contribution in [0.15, 0.2) is 71.3 Å². The van der Waals surface area contributed by atoms with E-state index in [0.29, 0.717) is 5.88 Å². The number of aromatic nitrogens is 1. The van der Waals surface area contributed by atoms with E-state index in [1.165, 1.54) is 21.1 Å². The van der Waals surface area contributed by atoms with Gasteiger partial charge in [0.1, 0.15) is 0 Å². The number of benzene rings is 2. The molecule has 1 radical (unpaired) electrons. The lowest BCUT2D eigenvalue weighted by molar-refractivity contribution is 0.401. The Kier molecular flexibility index (Phi) is 5.63. The predicted octanol–water partition coefficient (Wildman–Crippen LogP) is 3.67. The largest absolute Gasteiger partial charge is 0.481 e. The number of ether oxygens (including phenoxy) is 1. The highest BCUT2D eigenvalue weighted by molar-refractivity contribution is 9.10. The lowest BCUT2D eigenvalue weighted by Crippen LogP contribution is -2.52. The molecule has 1 aromatic heterocycles. The second kappa shape index (κ2) is 7.76. The van der Waals surface area contributed by atoms with E-state index >= 15 is 0 Å². The Bertz CT molecular complexity index is 890. The molecule has 0 unspecified atom stereocenters. The van der Waals surface area contributed by atoms with Gasteiger partial charge >= 0.3 is 0 Å². The molecular formula is C22H23BrNOSi. The van der Waals surface area contributed by atoms with E-state index in [2.05, 4.69) is 96.3 Å². The van der Waals surface area contributed by atoms with Crippen molar-refractivity contribution in [1.29, 1.82) is 0 Å². The van der Waals surface area contributed by atoms with Crippen LogP contribution in [0.25, 0.3) is 0 Å². The van der Waals surface area contributed by atoms with E-state index in [1.807, 2.05) is 6.07 Å². The molecule has 0 saturated carbocycles. The summed E-state index contributed by atoms with van der Waals surface area (Å²) in [7, 11) is 0.469. The highest BCUT2D eigenvalue weighted by atomic mass is 79.9. The summed E-state index contributed by atoms with van der Waals surface area (Å²) in [6, 6.07) is 21.6. The molecule has 0 aliphatic heterocycles. The lowest BCUT2D eigenvalue weighted by Gasteiger charge is -2.23. The van der Waals surface area contributed by atoms with E-state index in [-0.39, 0.29) is 5.41 Å². The third-order valence-electron chi connectivity index (χ3n) is 4.36. The Hall–Kier alpha value is -1.91. The summed E-state index contributed by atoms with van der Waals surface area (Å²) in [4.78, 5) is 4.44. The molecule has 0 fully saturated rings. The van der Waals surface area contributed by atoms with Crippen LogP contribution in [-0.4, -0.2) is 20.9 Å². The zero-order chi connectivity index (χ0) is 18.7. The molecule has 2 nitrogen and oxygen atoms in total. The summed E-state index contributed by atoms with van der Waals surface area (Å²) in [5.41, 5.74) is 1.41. The lowest BCUT2D eigenvalue weighted by atomic mass is 9.87. The van der Waals surface area contributed by atoms with E-state index in [9.17, 15) is 0 Å². The summed E-state index contributed by atoms with van der Waals surface area (Å²) < 4.78 is 6.74. The second-order valence-corrected chi connectivity index (χ2v) is 10.5. The quantitative estimate of drug-likeness (QED) is 0.596. The maximum Gasteiger partial charge on any atom is 0.212 e. The summed E-state index contributed by atoms with van der Waals surface area (Å²) in [5.74, 6) is 0.710. The predicted molar refractivity (Wildman–Crippen MR) is 115 cm³/mol. The number of hydrogen-bond donors (Lipinski definition) is 0. The zero-order valence-corrected chi connectivity index (χ0v) is 18.2. The maximum atomic E-state index is 5.58. The van der Waals surface area contributed by atoms with Gasteiger partial charge in [-0.3, -0.25) is 0 Å². The van der Waals surface area contributed by atoms with Crippen LogP contribution < -0.4 is 20.3 Å². The molecule has 0 N–H and O–H groups in total. The van der Waals surface area contributed by atoms with Crippen LogP contribution in [0.5, 0.6) is 5.88 Å². The fourth-order valence-electron chi connectivity index (χ4n) is 3.11. The minimum Gasteiger partial charge on any atom is -0.481 e. The first-order chi connectivity index (χ1) is 12.4. The van der Waals surface area contributed by atoms with Gasteiger partial charge in [0, 0.05) is 15.9 Å². The van der Waals surface area contributed by atoms with Crippen molar-refractivity contribution >= 4 is 40.3 Å². The SMILES string of the molecule is COc1ncccc1[Si](c1ccccc1)c1ccc(C(C)(C)C)c(Br)c1.